The number of aryl methyl sites for hydroxylation is 1. The van der Waals surface area contributed by atoms with Crippen LogP contribution in [0.2, 0.25) is 5.15 Å². The van der Waals surface area contributed by atoms with Crippen molar-refractivity contribution in [1.82, 2.24) is 9.55 Å². The smallest absolute Gasteiger partial charge is 0.258 e. The second kappa shape index (κ2) is 5.63. The third-order valence-corrected chi connectivity index (χ3v) is 4.76. The lowest BCUT2D eigenvalue weighted by Crippen LogP contribution is -2.18. The van der Waals surface area contributed by atoms with Gasteiger partial charge in [-0.25, -0.2) is 4.98 Å². The lowest BCUT2D eigenvalue weighted by atomic mass is 10.0. The molecule has 0 N–H and O–H groups in total. The van der Waals surface area contributed by atoms with E-state index in [1.54, 1.807) is 30.9 Å². The summed E-state index contributed by atoms with van der Waals surface area (Å²) in [5.41, 5.74) is 1.37. The minimum Gasteiger partial charge on any atom is -0.493 e. The number of hydrogen-bond donors (Lipinski definition) is 0. The maximum atomic E-state index is 13.0. The molecule has 126 valence electrons. The topological polar surface area (TPSA) is 53.4 Å². The Balaban J connectivity index is 2.35. The van der Waals surface area contributed by atoms with Crippen LogP contribution >= 0.6 is 11.6 Å². The number of halogens is 1. The Morgan fingerprint density at radius 1 is 1.00 bits per heavy atom. The van der Waals surface area contributed by atoms with Gasteiger partial charge in [0.05, 0.1) is 30.6 Å². The Labute approximate surface area is 148 Å². The molecule has 0 radical (unpaired) electrons. The standard InChI is InChI=1S/C19H15ClN2O3/c1-22-17-10-6-4-5-7-13(10)21-18(20)16(17)11-8-14(24-2)15(25-3)9-12(11)19(22)23/h4-9H,1-3H3. The van der Waals surface area contributed by atoms with E-state index in [9.17, 15) is 4.79 Å². The van der Waals surface area contributed by atoms with E-state index < -0.39 is 0 Å². The summed E-state index contributed by atoms with van der Waals surface area (Å²) in [7, 11) is 4.84. The van der Waals surface area contributed by atoms with Gasteiger partial charge in [0.25, 0.3) is 5.56 Å². The fourth-order valence-corrected chi connectivity index (χ4v) is 3.58. The third kappa shape index (κ3) is 2.16. The van der Waals surface area contributed by atoms with E-state index in [-0.39, 0.29) is 5.56 Å². The van der Waals surface area contributed by atoms with Gasteiger partial charge >= 0.3 is 0 Å². The highest BCUT2D eigenvalue weighted by molar-refractivity contribution is 6.38. The molecular formula is C19H15ClN2O3. The summed E-state index contributed by atoms with van der Waals surface area (Å²) in [6.07, 6.45) is 0. The first-order valence-corrected chi connectivity index (χ1v) is 8.07. The van der Waals surface area contributed by atoms with Gasteiger partial charge in [0.15, 0.2) is 11.5 Å². The van der Waals surface area contributed by atoms with E-state index in [0.29, 0.717) is 27.4 Å². The molecule has 0 aliphatic carbocycles. The number of methoxy groups -OCH3 is 2. The molecule has 0 saturated carbocycles. The molecule has 0 spiro atoms. The highest BCUT2D eigenvalue weighted by Gasteiger charge is 2.18. The molecule has 0 saturated heterocycles. The van der Waals surface area contributed by atoms with E-state index in [1.807, 2.05) is 24.3 Å². The number of para-hydroxylation sites is 1. The molecule has 2 heterocycles. The van der Waals surface area contributed by atoms with Crippen LogP contribution < -0.4 is 15.0 Å². The van der Waals surface area contributed by atoms with E-state index in [0.717, 1.165) is 21.8 Å². The number of pyridine rings is 2. The highest BCUT2D eigenvalue weighted by atomic mass is 35.5. The Kier molecular flexibility index (Phi) is 3.54. The molecule has 0 aliphatic rings. The molecule has 4 aromatic rings. The summed E-state index contributed by atoms with van der Waals surface area (Å²) in [6, 6.07) is 11.1. The first-order chi connectivity index (χ1) is 12.1. The summed E-state index contributed by atoms with van der Waals surface area (Å²) in [5.74, 6) is 1.03. The van der Waals surface area contributed by atoms with Gasteiger partial charge in [-0.2, -0.15) is 0 Å². The summed E-state index contributed by atoms with van der Waals surface area (Å²) >= 11 is 6.51. The minimum absolute atomic E-state index is 0.129. The van der Waals surface area contributed by atoms with Gasteiger partial charge in [0.2, 0.25) is 0 Å². The maximum absolute atomic E-state index is 13.0. The Bertz CT molecular complexity index is 1210. The molecule has 2 aromatic carbocycles. The third-order valence-electron chi connectivity index (χ3n) is 4.48. The van der Waals surface area contributed by atoms with Crippen molar-refractivity contribution in [3.05, 3.63) is 51.9 Å². The number of hydrogen-bond acceptors (Lipinski definition) is 4. The van der Waals surface area contributed by atoms with Crippen molar-refractivity contribution in [1.29, 1.82) is 0 Å². The van der Waals surface area contributed by atoms with Crippen molar-refractivity contribution in [3.8, 4) is 11.5 Å². The quantitative estimate of drug-likeness (QED) is 0.404. The molecule has 0 fully saturated rings. The van der Waals surface area contributed by atoms with Gasteiger partial charge in [0.1, 0.15) is 5.15 Å². The number of aromatic nitrogens is 2. The zero-order chi connectivity index (χ0) is 17.7. The first kappa shape index (κ1) is 15.7. The van der Waals surface area contributed by atoms with Crippen LogP contribution in [0.4, 0.5) is 0 Å². The van der Waals surface area contributed by atoms with E-state index in [1.165, 1.54) is 7.11 Å². The second-order valence-electron chi connectivity index (χ2n) is 5.76. The van der Waals surface area contributed by atoms with Crippen LogP contribution in [0, 0.1) is 0 Å². The monoisotopic (exact) mass is 354 g/mol. The van der Waals surface area contributed by atoms with Crippen molar-refractivity contribution in [2.75, 3.05) is 14.2 Å². The van der Waals surface area contributed by atoms with Crippen LogP contribution in [-0.2, 0) is 7.05 Å². The van der Waals surface area contributed by atoms with E-state index in [4.69, 9.17) is 21.1 Å². The summed E-state index contributed by atoms with van der Waals surface area (Å²) in [6.45, 7) is 0. The molecule has 0 amide bonds. The van der Waals surface area contributed by atoms with Crippen molar-refractivity contribution in [2.24, 2.45) is 7.05 Å². The normalized spacial score (nSPS) is 11.4. The number of benzene rings is 2. The average Bonchev–Trinajstić information content (AvgIpc) is 2.64. The van der Waals surface area contributed by atoms with Crippen LogP contribution in [0.3, 0.4) is 0 Å². The van der Waals surface area contributed by atoms with Crippen molar-refractivity contribution in [2.45, 2.75) is 0 Å². The largest absolute Gasteiger partial charge is 0.493 e. The Morgan fingerprint density at radius 3 is 2.32 bits per heavy atom. The Hall–Kier alpha value is -2.79. The molecular weight excluding hydrogens is 340 g/mol. The van der Waals surface area contributed by atoms with Gasteiger partial charge in [-0.3, -0.25) is 4.79 Å². The fraction of sp³-hybridized carbons (Fsp3) is 0.158. The molecule has 25 heavy (non-hydrogen) atoms. The average molecular weight is 355 g/mol. The molecule has 0 aliphatic heterocycles. The molecule has 6 heteroatoms. The summed E-state index contributed by atoms with van der Waals surface area (Å²) in [4.78, 5) is 17.5. The van der Waals surface area contributed by atoms with Crippen LogP contribution in [-0.4, -0.2) is 23.8 Å². The van der Waals surface area contributed by atoms with Gasteiger partial charge in [-0.15, -0.1) is 0 Å². The maximum Gasteiger partial charge on any atom is 0.258 e. The Morgan fingerprint density at radius 2 is 1.64 bits per heavy atom. The van der Waals surface area contributed by atoms with Gasteiger partial charge < -0.3 is 14.0 Å². The van der Waals surface area contributed by atoms with Gasteiger partial charge in [-0.05, 0) is 18.2 Å². The molecule has 4 rings (SSSR count). The van der Waals surface area contributed by atoms with E-state index >= 15 is 0 Å². The number of nitrogens with zero attached hydrogens (tertiary/aromatic N) is 2. The highest BCUT2D eigenvalue weighted by Crippen LogP contribution is 2.38. The van der Waals surface area contributed by atoms with Crippen LogP contribution in [0.5, 0.6) is 11.5 Å². The second-order valence-corrected chi connectivity index (χ2v) is 6.12. The van der Waals surface area contributed by atoms with Crippen LogP contribution in [0.1, 0.15) is 0 Å². The molecule has 0 unspecified atom stereocenters. The fourth-order valence-electron chi connectivity index (χ4n) is 3.30. The van der Waals surface area contributed by atoms with Crippen molar-refractivity contribution < 1.29 is 9.47 Å². The minimum atomic E-state index is -0.129. The predicted octanol–water partition coefficient (Wildman–Crippen LogP) is 3.91. The van der Waals surface area contributed by atoms with Gasteiger partial charge in [-0.1, -0.05) is 29.8 Å². The SMILES string of the molecule is COc1cc2c(=O)n(C)c3c4ccccc4nc(Cl)c3c2cc1OC. The molecule has 5 nitrogen and oxygen atoms in total. The van der Waals surface area contributed by atoms with Crippen LogP contribution in [0.15, 0.2) is 41.2 Å². The molecule has 0 atom stereocenters. The molecule has 0 bridgehead atoms. The first-order valence-electron chi connectivity index (χ1n) is 7.69. The van der Waals surface area contributed by atoms with Crippen molar-refractivity contribution in [3.63, 3.8) is 0 Å². The summed E-state index contributed by atoms with van der Waals surface area (Å²) < 4.78 is 12.3. The number of rotatable bonds is 2. The van der Waals surface area contributed by atoms with Crippen molar-refractivity contribution >= 4 is 44.2 Å². The molecule has 2 aromatic heterocycles. The number of fused-ring (bicyclic) bond motifs is 5. The zero-order valence-electron chi connectivity index (χ0n) is 14.0. The van der Waals surface area contributed by atoms with E-state index in [2.05, 4.69) is 4.98 Å². The number of ether oxygens (including phenoxy) is 2. The lowest BCUT2D eigenvalue weighted by Gasteiger charge is -2.15. The predicted molar refractivity (Wildman–Crippen MR) is 100 cm³/mol. The van der Waals surface area contributed by atoms with Gasteiger partial charge in [0, 0.05) is 23.2 Å². The zero-order valence-corrected chi connectivity index (χ0v) is 14.7. The lowest BCUT2D eigenvalue weighted by molar-refractivity contribution is 0.356. The van der Waals surface area contributed by atoms with Crippen LogP contribution in [0.25, 0.3) is 32.6 Å². The summed E-state index contributed by atoms with van der Waals surface area (Å²) in [5, 5.41) is 3.14.